The highest BCUT2D eigenvalue weighted by atomic mass is 35.5. The topological polar surface area (TPSA) is 122 Å². The molecule has 0 atom stereocenters. The molecule has 3 heterocycles. The summed E-state index contributed by atoms with van der Waals surface area (Å²) < 4.78 is 5.39. The van der Waals surface area contributed by atoms with Crippen LogP contribution in [0.2, 0.25) is 15.1 Å². The molecule has 4 rings (SSSR count). The van der Waals surface area contributed by atoms with E-state index in [-0.39, 0.29) is 32.7 Å². The molecular formula is C23H21Cl3N6O3S. The maximum Gasteiger partial charge on any atom is 0.267 e. The monoisotopic (exact) mass is 566 g/mol. The number of methoxy groups -OCH3 is 1. The van der Waals surface area contributed by atoms with Crippen LogP contribution in [0, 0.1) is 0 Å². The van der Waals surface area contributed by atoms with Crippen LogP contribution in [-0.2, 0) is 6.54 Å². The molecule has 9 nitrogen and oxygen atoms in total. The Balaban J connectivity index is 1.59. The molecule has 1 aliphatic rings. The SMILES string of the molecule is COc1cc(Cl)cc(C(=O)Nc2ccc(Cl)cn2)c1NC(=O)c1scc(CN2CCCN=C2N)c1Cl. The number of hydrogen-bond acceptors (Lipinski definition) is 8. The van der Waals surface area contributed by atoms with Crippen LogP contribution in [0.5, 0.6) is 5.75 Å². The minimum absolute atomic E-state index is 0.0784. The van der Waals surface area contributed by atoms with Crippen molar-refractivity contribution < 1.29 is 14.3 Å². The van der Waals surface area contributed by atoms with E-state index in [4.69, 9.17) is 45.3 Å². The minimum atomic E-state index is -0.557. The zero-order chi connectivity index (χ0) is 25.8. The van der Waals surface area contributed by atoms with E-state index in [1.807, 2.05) is 4.90 Å². The third-order valence-electron chi connectivity index (χ3n) is 5.29. The molecule has 188 valence electrons. The number of hydrogen-bond donors (Lipinski definition) is 3. The molecule has 36 heavy (non-hydrogen) atoms. The Morgan fingerprint density at radius 1 is 1.17 bits per heavy atom. The molecular weight excluding hydrogens is 547 g/mol. The van der Waals surface area contributed by atoms with Gasteiger partial charge in [-0.3, -0.25) is 14.6 Å². The zero-order valence-corrected chi connectivity index (χ0v) is 22.1. The Bertz CT molecular complexity index is 1330. The molecule has 0 saturated heterocycles. The van der Waals surface area contributed by atoms with Gasteiger partial charge < -0.3 is 26.0 Å². The highest BCUT2D eigenvalue weighted by Gasteiger charge is 2.24. The Kier molecular flexibility index (Phi) is 8.20. The molecule has 3 aromatic rings. The molecule has 0 unspecified atom stereocenters. The van der Waals surface area contributed by atoms with Crippen molar-refractivity contribution >= 4 is 75.4 Å². The van der Waals surface area contributed by atoms with E-state index in [0.717, 1.165) is 18.5 Å². The molecule has 13 heteroatoms. The van der Waals surface area contributed by atoms with Crippen LogP contribution in [0.15, 0.2) is 40.8 Å². The van der Waals surface area contributed by atoms with Gasteiger partial charge in [-0.15, -0.1) is 11.3 Å². The number of nitrogens with two attached hydrogens (primary N) is 1. The number of amides is 2. The normalized spacial score (nSPS) is 13.2. The fourth-order valence-electron chi connectivity index (χ4n) is 3.53. The van der Waals surface area contributed by atoms with Gasteiger partial charge in [0, 0.05) is 42.5 Å². The molecule has 0 spiro atoms. The lowest BCUT2D eigenvalue weighted by atomic mass is 10.1. The van der Waals surface area contributed by atoms with Gasteiger partial charge in [-0.25, -0.2) is 4.98 Å². The van der Waals surface area contributed by atoms with E-state index in [1.165, 1.54) is 36.8 Å². The Morgan fingerprint density at radius 3 is 2.67 bits per heavy atom. The Hall–Kier alpha value is -3.05. The number of anilines is 2. The van der Waals surface area contributed by atoms with Crippen molar-refractivity contribution in [2.45, 2.75) is 13.0 Å². The van der Waals surface area contributed by atoms with Gasteiger partial charge in [-0.1, -0.05) is 34.8 Å². The zero-order valence-electron chi connectivity index (χ0n) is 19.0. The van der Waals surface area contributed by atoms with E-state index in [2.05, 4.69) is 20.6 Å². The number of rotatable bonds is 7. The van der Waals surface area contributed by atoms with Crippen LogP contribution >= 0.6 is 46.1 Å². The molecule has 1 aliphatic heterocycles. The van der Waals surface area contributed by atoms with Crippen molar-refractivity contribution in [3.63, 3.8) is 0 Å². The number of carbonyl (C=O) groups is 2. The molecule has 0 fully saturated rings. The van der Waals surface area contributed by atoms with Gasteiger partial charge in [0.25, 0.3) is 11.8 Å². The van der Waals surface area contributed by atoms with Crippen LogP contribution in [-0.4, -0.2) is 47.9 Å². The van der Waals surface area contributed by atoms with E-state index in [1.54, 1.807) is 17.5 Å². The first kappa shape index (κ1) is 26.0. The predicted molar refractivity (Wildman–Crippen MR) is 144 cm³/mol. The third kappa shape index (κ3) is 5.84. The van der Waals surface area contributed by atoms with Gasteiger partial charge in [0.2, 0.25) is 0 Å². The first-order valence-corrected chi connectivity index (χ1v) is 12.7. The quantitative estimate of drug-likeness (QED) is 0.364. The second-order valence-electron chi connectivity index (χ2n) is 7.72. The van der Waals surface area contributed by atoms with Crippen LogP contribution in [0.4, 0.5) is 11.5 Å². The maximum atomic E-state index is 13.2. The second-order valence-corrected chi connectivity index (χ2v) is 9.85. The molecule has 0 aliphatic carbocycles. The van der Waals surface area contributed by atoms with Gasteiger partial charge in [0.05, 0.1) is 28.4 Å². The van der Waals surface area contributed by atoms with E-state index < -0.39 is 11.8 Å². The number of nitrogens with one attached hydrogen (secondary N) is 2. The number of thiophene rings is 1. The van der Waals surface area contributed by atoms with Crippen LogP contribution in [0.25, 0.3) is 0 Å². The summed E-state index contributed by atoms with van der Waals surface area (Å²) in [6, 6.07) is 6.05. The summed E-state index contributed by atoms with van der Waals surface area (Å²) in [7, 11) is 1.41. The molecule has 0 saturated carbocycles. The summed E-state index contributed by atoms with van der Waals surface area (Å²) in [6.45, 7) is 1.89. The van der Waals surface area contributed by atoms with Crippen molar-refractivity contribution in [2.24, 2.45) is 10.7 Å². The van der Waals surface area contributed by atoms with Crippen LogP contribution in [0.1, 0.15) is 32.0 Å². The summed E-state index contributed by atoms with van der Waals surface area (Å²) in [6.07, 6.45) is 2.29. The summed E-state index contributed by atoms with van der Waals surface area (Å²) in [5.74, 6) is -0.136. The van der Waals surface area contributed by atoms with Gasteiger partial charge in [-0.2, -0.15) is 0 Å². The lowest BCUT2D eigenvalue weighted by Gasteiger charge is -2.26. The lowest BCUT2D eigenvalue weighted by Crippen LogP contribution is -2.40. The van der Waals surface area contributed by atoms with Gasteiger partial charge in [0.1, 0.15) is 16.4 Å². The van der Waals surface area contributed by atoms with Gasteiger partial charge >= 0.3 is 0 Å². The number of guanidine groups is 1. The first-order valence-electron chi connectivity index (χ1n) is 10.7. The van der Waals surface area contributed by atoms with Crippen molar-refractivity contribution in [1.82, 2.24) is 9.88 Å². The first-order chi connectivity index (χ1) is 17.3. The Labute approximate surface area is 226 Å². The number of halogens is 3. The van der Waals surface area contributed by atoms with E-state index in [9.17, 15) is 9.59 Å². The lowest BCUT2D eigenvalue weighted by molar-refractivity contribution is 0.102. The number of nitrogens with zero attached hydrogens (tertiary/aromatic N) is 3. The van der Waals surface area contributed by atoms with Gasteiger partial charge in [0.15, 0.2) is 5.96 Å². The fourth-order valence-corrected chi connectivity index (χ4v) is 5.09. The van der Waals surface area contributed by atoms with Crippen molar-refractivity contribution in [1.29, 1.82) is 0 Å². The number of benzene rings is 1. The van der Waals surface area contributed by atoms with E-state index in [0.29, 0.717) is 29.1 Å². The minimum Gasteiger partial charge on any atom is -0.494 e. The van der Waals surface area contributed by atoms with Crippen LogP contribution < -0.4 is 21.1 Å². The van der Waals surface area contributed by atoms with E-state index >= 15 is 0 Å². The molecule has 2 amide bonds. The van der Waals surface area contributed by atoms with Gasteiger partial charge in [-0.05, 0) is 30.0 Å². The largest absolute Gasteiger partial charge is 0.494 e. The standard InChI is InChI=1S/C23H21Cl3N6O3S/c1-35-16-8-14(25)7-15(21(33)30-17-4-3-13(24)9-29-17)19(16)31-22(34)20-18(26)12(11-36-20)10-32-6-2-5-28-23(32)27/h3-4,7-9,11H,2,5-6,10H2,1H3,(H2,27,28)(H,31,34)(H,29,30,33). The number of ether oxygens (including phenoxy) is 1. The smallest absolute Gasteiger partial charge is 0.267 e. The van der Waals surface area contributed by atoms with Crippen molar-refractivity contribution in [3.05, 3.63) is 66.9 Å². The number of aromatic nitrogens is 1. The van der Waals surface area contributed by atoms with Crippen LogP contribution in [0.3, 0.4) is 0 Å². The summed E-state index contributed by atoms with van der Waals surface area (Å²) in [5, 5.41) is 8.19. The summed E-state index contributed by atoms with van der Waals surface area (Å²) in [4.78, 5) is 36.8. The second kappa shape index (κ2) is 11.3. The average molecular weight is 568 g/mol. The number of aliphatic imine (C=N–C) groups is 1. The molecule has 2 aromatic heterocycles. The molecule has 1 aromatic carbocycles. The van der Waals surface area contributed by atoms with Crippen molar-refractivity contribution in [3.8, 4) is 5.75 Å². The average Bonchev–Trinajstić information content (AvgIpc) is 3.22. The number of pyridine rings is 1. The number of carbonyl (C=O) groups excluding carboxylic acids is 2. The predicted octanol–water partition coefficient (Wildman–Crippen LogP) is 5.14. The Morgan fingerprint density at radius 2 is 1.97 bits per heavy atom. The molecule has 0 bridgehead atoms. The fraction of sp³-hybridized carbons (Fsp3) is 0.217. The highest BCUT2D eigenvalue weighted by molar-refractivity contribution is 7.13. The third-order valence-corrected chi connectivity index (χ3v) is 7.30. The summed E-state index contributed by atoms with van der Waals surface area (Å²) in [5.41, 5.74) is 6.95. The molecule has 4 N–H and O–H groups in total. The van der Waals surface area contributed by atoms with Crippen molar-refractivity contribution in [2.75, 3.05) is 30.8 Å². The highest BCUT2D eigenvalue weighted by Crippen LogP contribution is 2.35. The maximum absolute atomic E-state index is 13.2. The molecule has 0 radical (unpaired) electrons. The summed E-state index contributed by atoms with van der Waals surface area (Å²) >= 11 is 19.8.